The van der Waals surface area contributed by atoms with Gasteiger partial charge in [-0.05, 0) is 48.1 Å². The zero-order chi connectivity index (χ0) is 20.3. The van der Waals surface area contributed by atoms with Crippen molar-refractivity contribution in [2.24, 2.45) is 7.05 Å². The first-order valence-corrected chi connectivity index (χ1v) is 11.7. The number of benzene rings is 2. The van der Waals surface area contributed by atoms with Gasteiger partial charge in [-0.15, -0.1) is 0 Å². The van der Waals surface area contributed by atoms with E-state index in [1.165, 1.54) is 6.26 Å². The highest BCUT2D eigenvalue weighted by molar-refractivity contribution is 7.89. The van der Waals surface area contributed by atoms with Crippen LogP contribution >= 0.6 is 0 Å². The maximum Gasteiger partial charge on any atom is 0.258 e. The number of nitrogens with zero attached hydrogens (tertiary/aromatic N) is 1. The zero-order valence-corrected chi connectivity index (χ0v) is 17.1. The van der Waals surface area contributed by atoms with Gasteiger partial charge in [0.15, 0.2) is 9.84 Å². The molecule has 0 saturated heterocycles. The van der Waals surface area contributed by atoms with Crippen molar-refractivity contribution in [2.45, 2.75) is 24.5 Å². The van der Waals surface area contributed by atoms with Crippen LogP contribution in [0, 0.1) is 0 Å². The summed E-state index contributed by atoms with van der Waals surface area (Å²) in [4.78, 5) is 12.6. The Hall–Kier alpha value is -2.86. The number of hydrogen-bond acceptors (Lipinski definition) is 4. The largest absolute Gasteiger partial charge is 0.460 e. The lowest BCUT2D eigenvalue weighted by Gasteiger charge is -2.12. The number of sulfone groups is 1. The zero-order valence-electron chi connectivity index (χ0n) is 16.3. The second kappa shape index (κ2) is 6.32. The van der Waals surface area contributed by atoms with E-state index in [0.29, 0.717) is 11.3 Å². The molecule has 6 heteroatoms. The molecule has 0 N–H and O–H groups in total. The molecule has 5 rings (SSSR count). The van der Waals surface area contributed by atoms with Crippen LogP contribution < -0.4 is 5.56 Å². The lowest BCUT2D eigenvalue weighted by atomic mass is 9.97. The van der Waals surface area contributed by atoms with Crippen molar-refractivity contribution in [1.29, 1.82) is 0 Å². The van der Waals surface area contributed by atoms with Gasteiger partial charge in [0.1, 0.15) is 11.3 Å². The van der Waals surface area contributed by atoms with E-state index in [-0.39, 0.29) is 11.3 Å². The highest BCUT2D eigenvalue weighted by Gasteiger charge is 2.28. The minimum Gasteiger partial charge on any atom is -0.460 e. The van der Waals surface area contributed by atoms with Gasteiger partial charge in [-0.3, -0.25) is 4.79 Å². The molecule has 1 saturated carbocycles. The summed E-state index contributed by atoms with van der Waals surface area (Å²) < 4.78 is 31.7. The minimum atomic E-state index is -3.19. The van der Waals surface area contributed by atoms with E-state index in [1.807, 2.05) is 48.7 Å². The van der Waals surface area contributed by atoms with Crippen LogP contribution in [0.2, 0.25) is 0 Å². The Labute approximate surface area is 168 Å². The van der Waals surface area contributed by atoms with Crippen LogP contribution in [-0.4, -0.2) is 19.2 Å². The first kappa shape index (κ1) is 18.2. The molecule has 2 aromatic heterocycles. The van der Waals surface area contributed by atoms with Gasteiger partial charge in [0.05, 0.1) is 5.75 Å². The summed E-state index contributed by atoms with van der Waals surface area (Å²) in [5.41, 5.74) is 3.08. The van der Waals surface area contributed by atoms with Crippen LogP contribution in [0.3, 0.4) is 0 Å². The van der Waals surface area contributed by atoms with Crippen molar-refractivity contribution < 1.29 is 12.8 Å². The highest BCUT2D eigenvalue weighted by atomic mass is 32.2. The minimum absolute atomic E-state index is 0.0381. The molecule has 1 aliphatic carbocycles. The van der Waals surface area contributed by atoms with Gasteiger partial charge in [0.25, 0.3) is 5.56 Å². The average molecular weight is 407 g/mol. The van der Waals surface area contributed by atoms with E-state index in [0.717, 1.165) is 51.6 Å². The number of furan rings is 1. The van der Waals surface area contributed by atoms with Crippen molar-refractivity contribution in [3.05, 3.63) is 70.3 Å². The van der Waals surface area contributed by atoms with Crippen LogP contribution in [0.4, 0.5) is 0 Å². The Bertz CT molecular complexity index is 1440. The van der Waals surface area contributed by atoms with E-state index in [1.54, 1.807) is 11.6 Å². The molecule has 29 heavy (non-hydrogen) atoms. The normalized spacial score (nSPS) is 14.7. The van der Waals surface area contributed by atoms with Crippen LogP contribution in [0.15, 0.2) is 57.9 Å². The monoisotopic (exact) mass is 407 g/mol. The van der Waals surface area contributed by atoms with Crippen LogP contribution in [0.5, 0.6) is 0 Å². The van der Waals surface area contributed by atoms with Gasteiger partial charge >= 0.3 is 0 Å². The van der Waals surface area contributed by atoms with Crippen LogP contribution in [0.1, 0.15) is 30.1 Å². The highest BCUT2D eigenvalue weighted by Crippen LogP contribution is 2.44. The summed E-state index contributed by atoms with van der Waals surface area (Å²) >= 11 is 0. The predicted molar refractivity (Wildman–Crippen MR) is 115 cm³/mol. The van der Waals surface area contributed by atoms with Crippen molar-refractivity contribution in [2.75, 3.05) is 6.26 Å². The third-order valence-corrected chi connectivity index (χ3v) is 6.34. The molecule has 0 radical (unpaired) electrons. The predicted octanol–water partition coefficient (Wildman–Crippen LogP) is 4.37. The van der Waals surface area contributed by atoms with Gasteiger partial charge in [0.2, 0.25) is 0 Å². The van der Waals surface area contributed by atoms with Crippen molar-refractivity contribution in [3.63, 3.8) is 0 Å². The molecule has 0 aliphatic heterocycles. The molecule has 2 heterocycles. The summed E-state index contributed by atoms with van der Waals surface area (Å²) in [6.45, 7) is 0. The first-order valence-electron chi connectivity index (χ1n) is 9.63. The Kier molecular flexibility index (Phi) is 3.96. The Balaban J connectivity index is 1.85. The lowest BCUT2D eigenvalue weighted by Crippen LogP contribution is -2.16. The lowest BCUT2D eigenvalue weighted by molar-refractivity contribution is 0.553. The number of rotatable bonds is 4. The maximum atomic E-state index is 12.6. The smallest absolute Gasteiger partial charge is 0.258 e. The molecule has 0 spiro atoms. The summed E-state index contributed by atoms with van der Waals surface area (Å²) in [5, 5.41) is 2.36. The third kappa shape index (κ3) is 3.27. The van der Waals surface area contributed by atoms with E-state index in [9.17, 15) is 13.2 Å². The summed E-state index contributed by atoms with van der Waals surface area (Å²) in [7, 11) is -1.46. The molecule has 0 amide bonds. The fraction of sp³-hybridized carbons (Fsp3) is 0.261. The van der Waals surface area contributed by atoms with Crippen molar-refractivity contribution >= 4 is 31.6 Å². The summed E-state index contributed by atoms with van der Waals surface area (Å²) in [6, 6.07) is 13.3. The summed E-state index contributed by atoms with van der Waals surface area (Å²) in [6.07, 6.45) is 5.29. The van der Waals surface area contributed by atoms with Gasteiger partial charge < -0.3 is 8.98 Å². The number of aryl methyl sites for hydroxylation is 1. The van der Waals surface area contributed by atoms with Gasteiger partial charge in [-0.2, -0.15) is 0 Å². The second-order valence-electron chi connectivity index (χ2n) is 8.06. The Morgan fingerprint density at radius 2 is 1.79 bits per heavy atom. The molecule has 1 fully saturated rings. The molecule has 0 unspecified atom stereocenters. The third-order valence-electron chi connectivity index (χ3n) is 5.48. The average Bonchev–Trinajstić information content (AvgIpc) is 3.42. The van der Waals surface area contributed by atoms with E-state index >= 15 is 0 Å². The number of hydrogen-bond donors (Lipinski definition) is 0. The molecular weight excluding hydrogens is 386 g/mol. The van der Waals surface area contributed by atoms with Crippen molar-refractivity contribution in [3.8, 4) is 11.1 Å². The number of fused-ring (bicyclic) bond motifs is 2. The standard InChI is InChI=1S/C23H21NO4S/c1-24-12-20(17-5-3-4-6-18(17)23(24)25)19-10-14(13-29(2,26)27)9-16-11-21(15-7-8-15)28-22(16)19/h3-6,9-12,15H,7-8,13H2,1-2H3. The number of aromatic nitrogens is 1. The van der Waals surface area contributed by atoms with Crippen LogP contribution in [0.25, 0.3) is 32.9 Å². The summed E-state index contributed by atoms with van der Waals surface area (Å²) in [5.74, 6) is 1.36. The molecule has 5 nitrogen and oxygen atoms in total. The fourth-order valence-electron chi connectivity index (χ4n) is 4.02. The molecule has 0 bridgehead atoms. The molecular formula is C23H21NO4S. The Morgan fingerprint density at radius 1 is 1.07 bits per heavy atom. The van der Waals surface area contributed by atoms with E-state index < -0.39 is 9.84 Å². The van der Waals surface area contributed by atoms with Crippen LogP contribution in [-0.2, 0) is 22.6 Å². The fourth-order valence-corrected chi connectivity index (χ4v) is 4.79. The molecule has 4 aromatic rings. The molecule has 1 aliphatic rings. The van der Waals surface area contributed by atoms with Crippen molar-refractivity contribution in [1.82, 2.24) is 4.57 Å². The molecule has 0 atom stereocenters. The first-order chi connectivity index (χ1) is 13.8. The maximum absolute atomic E-state index is 12.6. The second-order valence-corrected chi connectivity index (χ2v) is 10.2. The molecule has 148 valence electrons. The number of pyridine rings is 1. The van der Waals surface area contributed by atoms with Gasteiger partial charge in [-0.25, -0.2) is 8.42 Å². The quantitative estimate of drug-likeness (QED) is 0.504. The Morgan fingerprint density at radius 3 is 2.48 bits per heavy atom. The van der Waals surface area contributed by atoms with Gasteiger partial charge in [0, 0.05) is 47.3 Å². The SMILES string of the molecule is Cn1cc(-c2cc(CS(C)(=O)=O)cc3cc(C4CC4)oc23)c2ccccc2c1=O. The van der Waals surface area contributed by atoms with E-state index in [2.05, 4.69) is 0 Å². The molecule has 2 aromatic carbocycles. The van der Waals surface area contributed by atoms with Gasteiger partial charge in [-0.1, -0.05) is 18.2 Å². The van der Waals surface area contributed by atoms with E-state index in [4.69, 9.17) is 4.42 Å². The topological polar surface area (TPSA) is 69.3 Å².